The van der Waals surface area contributed by atoms with Crippen molar-refractivity contribution in [2.24, 2.45) is 0 Å². The van der Waals surface area contributed by atoms with E-state index in [-0.39, 0.29) is 0 Å². The number of hydrogen-bond donors (Lipinski definition) is 0. The molecule has 0 saturated heterocycles. The Morgan fingerprint density at radius 3 is 0.708 bits per heavy atom. The van der Waals surface area contributed by atoms with Crippen LogP contribution in [0.5, 0.6) is 0 Å². The molecule has 0 unspecified atom stereocenters. The van der Waals surface area contributed by atoms with Crippen LogP contribution in [0, 0.1) is 0 Å². The van der Waals surface area contributed by atoms with E-state index in [1.165, 1.54) is 74.9 Å². The SMILES string of the molecule is c1ccc2c(P(c3ccc(P(c4cccc5ccccc45)c4cccc5ccccc45)cc3)c3cccc4ccccc34)cccc2c1. The third-order valence-corrected chi connectivity index (χ3v) is 14.5. The predicted molar refractivity (Wildman–Crippen MR) is 214 cm³/mol. The van der Waals surface area contributed by atoms with Crippen LogP contribution in [0.25, 0.3) is 43.1 Å². The molecule has 226 valence electrons. The second-order valence-electron chi connectivity index (χ2n) is 12.2. The summed E-state index contributed by atoms with van der Waals surface area (Å²) >= 11 is 0. The molecule has 0 aliphatic rings. The Balaban J connectivity index is 1.26. The lowest BCUT2D eigenvalue weighted by Crippen LogP contribution is -2.25. The van der Waals surface area contributed by atoms with Crippen LogP contribution in [-0.2, 0) is 0 Å². The highest BCUT2D eigenvalue weighted by molar-refractivity contribution is 7.81. The Kier molecular flexibility index (Phi) is 7.55. The Morgan fingerprint density at radius 1 is 0.208 bits per heavy atom. The van der Waals surface area contributed by atoms with Gasteiger partial charge in [0.25, 0.3) is 0 Å². The second kappa shape index (κ2) is 12.5. The maximum absolute atomic E-state index is 2.43. The Hall–Kier alpha value is -5.12. The van der Waals surface area contributed by atoms with Crippen molar-refractivity contribution in [2.75, 3.05) is 0 Å². The molecule has 0 saturated carbocycles. The van der Waals surface area contributed by atoms with Gasteiger partial charge in [0.15, 0.2) is 0 Å². The summed E-state index contributed by atoms with van der Waals surface area (Å²) in [7, 11) is -1.67. The zero-order valence-corrected chi connectivity index (χ0v) is 28.2. The van der Waals surface area contributed by atoms with Gasteiger partial charge < -0.3 is 0 Å². The Bertz CT molecular complexity index is 2220. The van der Waals surface area contributed by atoms with Crippen molar-refractivity contribution < 1.29 is 0 Å². The van der Waals surface area contributed by atoms with Crippen LogP contribution in [0.3, 0.4) is 0 Å². The first kappa shape index (κ1) is 29.1. The molecule has 48 heavy (non-hydrogen) atoms. The maximum atomic E-state index is 2.43. The van der Waals surface area contributed by atoms with Gasteiger partial charge in [0, 0.05) is 0 Å². The smallest absolute Gasteiger partial charge is 0.00724 e. The number of benzene rings is 9. The van der Waals surface area contributed by atoms with Crippen LogP contribution >= 0.6 is 15.8 Å². The lowest BCUT2D eigenvalue weighted by molar-refractivity contribution is 1.76. The van der Waals surface area contributed by atoms with Crippen LogP contribution in [0.15, 0.2) is 194 Å². The summed E-state index contributed by atoms with van der Waals surface area (Å²) in [6, 6.07) is 72.3. The summed E-state index contributed by atoms with van der Waals surface area (Å²) in [6.07, 6.45) is 0. The number of fused-ring (bicyclic) bond motifs is 4. The van der Waals surface area contributed by atoms with E-state index in [0.717, 1.165) is 0 Å². The van der Waals surface area contributed by atoms with Gasteiger partial charge >= 0.3 is 0 Å². The third kappa shape index (κ3) is 5.10. The molecule has 9 aromatic carbocycles. The molecule has 9 aromatic rings. The van der Waals surface area contributed by atoms with Crippen molar-refractivity contribution in [3.05, 3.63) is 194 Å². The first-order chi connectivity index (χ1) is 23.8. The quantitative estimate of drug-likeness (QED) is 0.158. The van der Waals surface area contributed by atoms with Gasteiger partial charge in [-0.05, 0) is 90.8 Å². The van der Waals surface area contributed by atoms with Gasteiger partial charge in [-0.3, -0.25) is 0 Å². The largest absolute Gasteiger partial charge is 0.0616 e. The van der Waals surface area contributed by atoms with Gasteiger partial charge in [-0.2, -0.15) is 0 Å². The molecule has 0 aromatic heterocycles. The Morgan fingerprint density at radius 2 is 0.438 bits per heavy atom. The number of rotatable bonds is 6. The van der Waals surface area contributed by atoms with Crippen molar-refractivity contribution in [1.82, 2.24) is 0 Å². The normalized spacial score (nSPS) is 11.7. The van der Waals surface area contributed by atoms with Crippen LogP contribution in [0.2, 0.25) is 0 Å². The first-order valence-electron chi connectivity index (χ1n) is 16.4. The summed E-state index contributed by atoms with van der Waals surface area (Å²) in [4.78, 5) is 0. The summed E-state index contributed by atoms with van der Waals surface area (Å²) in [5.74, 6) is 0. The van der Waals surface area contributed by atoms with Crippen molar-refractivity contribution in [3.8, 4) is 0 Å². The van der Waals surface area contributed by atoms with E-state index in [0.29, 0.717) is 0 Å². The fourth-order valence-electron chi connectivity index (χ4n) is 7.18. The van der Waals surface area contributed by atoms with Crippen LogP contribution < -0.4 is 31.8 Å². The van der Waals surface area contributed by atoms with Crippen molar-refractivity contribution in [3.63, 3.8) is 0 Å². The fourth-order valence-corrected chi connectivity index (χ4v) is 12.4. The van der Waals surface area contributed by atoms with E-state index in [4.69, 9.17) is 0 Å². The maximum Gasteiger partial charge on any atom is -0.00724 e. The minimum Gasteiger partial charge on any atom is -0.0616 e. The van der Waals surface area contributed by atoms with Gasteiger partial charge in [0.05, 0.1) is 0 Å². The van der Waals surface area contributed by atoms with Gasteiger partial charge in [0.2, 0.25) is 0 Å². The van der Waals surface area contributed by atoms with Gasteiger partial charge in [-0.15, -0.1) is 0 Å². The molecule has 0 radical (unpaired) electrons. The lowest BCUT2D eigenvalue weighted by Gasteiger charge is -2.25. The lowest BCUT2D eigenvalue weighted by atomic mass is 10.1. The molecule has 9 rings (SSSR count). The van der Waals surface area contributed by atoms with E-state index in [2.05, 4.69) is 194 Å². The monoisotopic (exact) mass is 646 g/mol. The fraction of sp³-hybridized carbons (Fsp3) is 0. The number of hydrogen-bond acceptors (Lipinski definition) is 0. The molecule has 0 bridgehead atoms. The van der Waals surface area contributed by atoms with E-state index in [1.807, 2.05) is 0 Å². The molecule has 2 heteroatoms. The van der Waals surface area contributed by atoms with Crippen molar-refractivity contribution >= 4 is 90.8 Å². The molecular weight excluding hydrogens is 614 g/mol. The molecule has 0 atom stereocenters. The van der Waals surface area contributed by atoms with Crippen LogP contribution in [0.1, 0.15) is 0 Å². The average Bonchev–Trinajstić information content (AvgIpc) is 3.16. The molecule has 0 amide bonds. The van der Waals surface area contributed by atoms with Gasteiger partial charge in [-0.25, -0.2) is 0 Å². The van der Waals surface area contributed by atoms with E-state index >= 15 is 0 Å². The minimum absolute atomic E-state index is 0.835. The van der Waals surface area contributed by atoms with Crippen LogP contribution in [-0.4, -0.2) is 0 Å². The summed E-state index contributed by atoms with van der Waals surface area (Å²) in [5, 5.41) is 18.8. The molecule has 0 N–H and O–H groups in total. The molecule has 0 aliphatic carbocycles. The van der Waals surface area contributed by atoms with E-state index in [1.54, 1.807) is 0 Å². The third-order valence-electron chi connectivity index (χ3n) is 9.40. The highest BCUT2D eigenvalue weighted by atomic mass is 31.1. The van der Waals surface area contributed by atoms with Gasteiger partial charge in [0.1, 0.15) is 0 Å². The highest BCUT2D eigenvalue weighted by Crippen LogP contribution is 2.41. The van der Waals surface area contributed by atoms with Gasteiger partial charge in [-0.1, -0.05) is 194 Å². The molecule has 0 heterocycles. The average molecular weight is 647 g/mol. The second-order valence-corrected chi connectivity index (χ2v) is 16.5. The predicted octanol–water partition coefficient (Wildman–Crippen LogP) is 9.82. The molecule has 0 aliphatic heterocycles. The summed E-state index contributed by atoms with van der Waals surface area (Å²) < 4.78 is 0. The van der Waals surface area contributed by atoms with Crippen molar-refractivity contribution in [2.45, 2.75) is 0 Å². The molecule has 0 spiro atoms. The van der Waals surface area contributed by atoms with E-state index in [9.17, 15) is 0 Å². The highest BCUT2D eigenvalue weighted by Gasteiger charge is 2.24. The van der Waals surface area contributed by atoms with Crippen LogP contribution in [0.4, 0.5) is 0 Å². The zero-order chi connectivity index (χ0) is 31.9. The topological polar surface area (TPSA) is 0 Å². The zero-order valence-electron chi connectivity index (χ0n) is 26.4. The molecule has 0 nitrogen and oxygen atoms in total. The molecule has 0 fully saturated rings. The minimum atomic E-state index is -0.835. The summed E-state index contributed by atoms with van der Waals surface area (Å²) in [5.41, 5.74) is 0. The first-order valence-corrected chi connectivity index (χ1v) is 19.1. The molecular formula is C46H32P2. The Labute approximate surface area is 283 Å². The summed E-state index contributed by atoms with van der Waals surface area (Å²) in [6.45, 7) is 0. The van der Waals surface area contributed by atoms with E-state index < -0.39 is 15.8 Å². The van der Waals surface area contributed by atoms with Crippen molar-refractivity contribution in [1.29, 1.82) is 0 Å². The standard InChI is InChI=1S/C46H32P2/c1-5-21-39-33(13-1)17-9-25-43(39)47(44-26-10-18-34-14-2-6-22-40(34)44)37-29-31-38(32-30-37)48(45-27-11-19-35-15-3-7-23-41(35)45)46-28-12-20-36-16-4-8-24-42(36)46/h1-32H.